The summed E-state index contributed by atoms with van der Waals surface area (Å²) in [6.45, 7) is 4.19. The van der Waals surface area contributed by atoms with Crippen LogP contribution in [0.15, 0.2) is 12.1 Å². The quantitative estimate of drug-likeness (QED) is 0.869. The molecule has 4 nitrogen and oxygen atoms in total. The van der Waals surface area contributed by atoms with Crippen LogP contribution in [-0.2, 0) is 17.9 Å². The minimum atomic E-state index is 0.342. The average Bonchev–Trinajstić information content (AvgIpc) is 2.47. The Morgan fingerprint density at radius 1 is 1.24 bits per heavy atom. The SMILES string of the molecule is CC1CCC(N(C)Cc2cc(N)cc3c2OCOC3)CC1. The molecule has 4 heteroatoms. The number of ether oxygens (including phenoxy) is 2. The van der Waals surface area contributed by atoms with Crippen molar-refractivity contribution >= 4 is 5.69 Å². The van der Waals surface area contributed by atoms with Gasteiger partial charge in [0.05, 0.1) is 6.61 Å². The van der Waals surface area contributed by atoms with Crippen LogP contribution in [0.3, 0.4) is 0 Å². The topological polar surface area (TPSA) is 47.7 Å². The largest absolute Gasteiger partial charge is 0.467 e. The second-order valence-electron chi connectivity index (χ2n) is 6.61. The van der Waals surface area contributed by atoms with Crippen LogP contribution in [0.2, 0.25) is 0 Å². The molecule has 116 valence electrons. The van der Waals surface area contributed by atoms with Gasteiger partial charge in [0.15, 0.2) is 6.79 Å². The van der Waals surface area contributed by atoms with Gasteiger partial charge >= 0.3 is 0 Å². The van der Waals surface area contributed by atoms with Gasteiger partial charge in [-0.15, -0.1) is 0 Å². The lowest BCUT2D eigenvalue weighted by Gasteiger charge is -2.34. The van der Waals surface area contributed by atoms with Gasteiger partial charge in [0.25, 0.3) is 0 Å². The summed E-state index contributed by atoms with van der Waals surface area (Å²) < 4.78 is 11.1. The van der Waals surface area contributed by atoms with E-state index < -0.39 is 0 Å². The van der Waals surface area contributed by atoms with E-state index in [4.69, 9.17) is 15.2 Å². The van der Waals surface area contributed by atoms with Crippen molar-refractivity contribution in [3.63, 3.8) is 0 Å². The smallest absolute Gasteiger partial charge is 0.189 e. The number of hydrogen-bond donors (Lipinski definition) is 1. The monoisotopic (exact) mass is 290 g/mol. The predicted molar refractivity (Wildman–Crippen MR) is 84.0 cm³/mol. The molecule has 1 fully saturated rings. The Hall–Kier alpha value is -1.26. The fourth-order valence-electron chi connectivity index (χ4n) is 3.52. The van der Waals surface area contributed by atoms with Crippen LogP contribution < -0.4 is 10.5 Å². The highest BCUT2D eigenvalue weighted by molar-refractivity contribution is 5.53. The van der Waals surface area contributed by atoms with Crippen molar-refractivity contribution in [2.24, 2.45) is 5.92 Å². The lowest BCUT2D eigenvalue weighted by molar-refractivity contribution is -0.0175. The molecular formula is C17H26N2O2. The Bertz CT molecular complexity index is 496. The maximum absolute atomic E-state index is 6.03. The molecule has 2 aliphatic rings. The predicted octanol–water partition coefficient (Wildman–Crippen LogP) is 3.15. The van der Waals surface area contributed by atoms with Gasteiger partial charge in [-0.05, 0) is 50.8 Å². The van der Waals surface area contributed by atoms with Gasteiger partial charge in [-0.25, -0.2) is 0 Å². The lowest BCUT2D eigenvalue weighted by atomic mass is 9.86. The van der Waals surface area contributed by atoms with Crippen molar-refractivity contribution in [2.75, 3.05) is 19.6 Å². The van der Waals surface area contributed by atoms with Crippen molar-refractivity contribution < 1.29 is 9.47 Å². The third-order valence-corrected chi connectivity index (χ3v) is 4.84. The van der Waals surface area contributed by atoms with E-state index in [0.717, 1.165) is 29.5 Å². The summed E-state index contributed by atoms with van der Waals surface area (Å²) in [6, 6.07) is 4.69. The molecular weight excluding hydrogens is 264 g/mol. The zero-order chi connectivity index (χ0) is 14.8. The van der Waals surface area contributed by atoms with Crippen LogP contribution in [-0.4, -0.2) is 24.8 Å². The van der Waals surface area contributed by atoms with Gasteiger partial charge in [-0.1, -0.05) is 6.92 Å². The lowest BCUT2D eigenvalue weighted by Crippen LogP contribution is -2.34. The maximum Gasteiger partial charge on any atom is 0.189 e. The Morgan fingerprint density at radius 3 is 2.76 bits per heavy atom. The van der Waals surface area contributed by atoms with Gasteiger partial charge in [0.2, 0.25) is 0 Å². The molecule has 0 atom stereocenters. The summed E-state index contributed by atoms with van der Waals surface area (Å²) in [5.41, 5.74) is 9.08. The normalized spacial score (nSPS) is 25.5. The molecule has 0 unspecified atom stereocenters. The molecule has 2 N–H and O–H groups in total. The second-order valence-corrected chi connectivity index (χ2v) is 6.61. The first-order valence-corrected chi connectivity index (χ1v) is 7.95. The number of nitrogen functional groups attached to an aromatic ring is 1. The van der Waals surface area contributed by atoms with E-state index in [-0.39, 0.29) is 0 Å². The van der Waals surface area contributed by atoms with Crippen LogP contribution in [0.25, 0.3) is 0 Å². The van der Waals surface area contributed by atoms with Crippen LogP contribution in [0.5, 0.6) is 5.75 Å². The van der Waals surface area contributed by atoms with Crippen LogP contribution >= 0.6 is 0 Å². The maximum atomic E-state index is 6.03. The Morgan fingerprint density at radius 2 is 2.00 bits per heavy atom. The number of nitrogens with two attached hydrogens (primary N) is 1. The van der Waals surface area contributed by atoms with Crippen molar-refractivity contribution in [1.29, 1.82) is 0 Å². The van der Waals surface area contributed by atoms with E-state index in [1.807, 2.05) is 12.1 Å². The summed E-state index contributed by atoms with van der Waals surface area (Å²) in [6.07, 6.45) is 5.28. The first kappa shape index (κ1) is 14.7. The summed E-state index contributed by atoms with van der Waals surface area (Å²) >= 11 is 0. The molecule has 1 aromatic rings. The van der Waals surface area contributed by atoms with Crippen molar-refractivity contribution in [3.8, 4) is 5.75 Å². The molecule has 1 aromatic carbocycles. The summed E-state index contributed by atoms with van der Waals surface area (Å²) in [5, 5.41) is 0. The standard InChI is InChI=1S/C17H26N2O2/c1-12-3-5-16(6-4-12)19(2)9-13-7-15(18)8-14-10-20-11-21-17(13)14/h7-8,12,16H,3-6,9-11,18H2,1-2H3. The third kappa shape index (κ3) is 3.33. The van der Waals surface area contributed by atoms with Crippen LogP contribution in [0, 0.1) is 5.92 Å². The molecule has 0 bridgehead atoms. The average molecular weight is 290 g/mol. The highest BCUT2D eigenvalue weighted by Gasteiger charge is 2.24. The summed E-state index contributed by atoms with van der Waals surface area (Å²) in [4.78, 5) is 2.46. The number of rotatable bonds is 3. The number of anilines is 1. The Labute approximate surface area is 127 Å². The second kappa shape index (κ2) is 6.24. The molecule has 0 spiro atoms. The van der Waals surface area contributed by atoms with Gasteiger partial charge in [-0.2, -0.15) is 0 Å². The van der Waals surface area contributed by atoms with Crippen molar-refractivity contribution in [1.82, 2.24) is 4.90 Å². The zero-order valence-electron chi connectivity index (χ0n) is 13.1. The molecule has 1 heterocycles. The van der Waals surface area contributed by atoms with Crippen molar-refractivity contribution in [3.05, 3.63) is 23.3 Å². The summed E-state index contributed by atoms with van der Waals surface area (Å²) in [5.74, 6) is 1.86. The Kier molecular flexibility index (Phi) is 4.36. The highest BCUT2D eigenvalue weighted by Crippen LogP contribution is 2.33. The van der Waals surface area contributed by atoms with Gasteiger partial charge in [0, 0.05) is 29.4 Å². The van der Waals surface area contributed by atoms with E-state index in [1.54, 1.807) is 0 Å². The number of hydrogen-bond acceptors (Lipinski definition) is 4. The third-order valence-electron chi connectivity index (χ3n) is 4.84. The van der Waals surface area contributed by atoms with E-state index in [2.05, 4.69) is 18.9 Å². The minimum absolute atomic E-state index is 0.342. The van der Waals surface area contributed by atoms with Crippen LogP contribution in [0.4, 0.5) is 5.69 Å². The van der Waals surface area contributed by atoms with Gasteiger partial charge in [-0.3, -0.25) is 4.90 Å². The first-order chi connectivity index (χ1) is 10.1. The number of nitrogens with zero attached hydrogens (tertiary/aromatic N) is 1. The molecule has 1 saturated carbocycles. The van der Waals surface area contributed by atoms with Crippen LogP contribution in [0.1, 0.15) is 43.7 Å². The summed E-state index contributed by atoms with van der Waals surface area (Å²) in [7, 11) is 2.22. The van der Waals surface area contributed by atoms with E-state index >= 15 is 0 Å². The number of fused-ring (bicyclic) bond motifs is 1. The van der Waals surface area contributed by atoms with Gasteiger partial charge in [0.1, 0.15) is 5.75 Å². The van der Waals surface area contributed by atoms with Crippen molar-refractivity contribution in [2.45, 2.75) is 51.8 Å². The first-order valence-electron chi connectivity index (χ1n) is 7.95. The molecule has 21 heavy (non-hydrogen) atoms. The fraction of sp³-hybridized carbons (Fsp3) is 0.647. The molecule has 1 aliphatic carbocycles. The molecule has 0 radical (unpaired) electrons. The van der Waals surface area contributed by atoms with E-state index in [0.29, 0.717) is 19.4 Å². The Balaban J connectivity index is 1.73. The molecule has 0 saturated heterocycles. The number of benzene rings is 1. The molecule has 0 aromatic heterocycles. The zero-order valence-corrected chi connectivity index (χ0v) is 13.1. The van der Waals surface area contributed by atoms with Gasteiger partial charge < -0.3 is 15.2 Å². The van der Waals surface area contributed by atoms with E-state index in [1.165, 1.54) is 31.2 Å². The molecule has 0 amide bonds. The highest BCUT2D eigenvalue weighted by atomic mass is 16.7. The molecule has 3 rings (SSSR count). The molecule has 1 aliphatic heterocycles. The van der Waals surface area contributed by atoms with E-state index in [9.17, 15) is 0 Å². The minimum Gasteiger partial charge on any atom is -0.467 e. The fourth-order valence-corrected chi connectivity index (χ4v) is 3.52.